The first-order valence-electron chi connectivity index (χ1n) is 9.98. The molecule has 1 fully saturated rings. The minimum Gasteiger partial charge on any atom is -0.459 e. The van der Waals surface area contributed by atoms with Crippen LogP contribution in [0.3, 0.4) is 0 Å². The second kappa shape index (κ2) is 9.12. The molecule has 1 aromatic heterocycles. The summed E-state index contributed by atoms with van der Waals surface area (Å²) in [6, 6.07) is 20.1. The van der Waals surface area contributed by atoms with E-state index in [1.807, 2.05) is 48.5 Å². The molecule has 4 rings (SSSR count). The lowest BCUT2D eigenvalue weighted by atomic mass is 10.1. The minimum absolute atomic E-state index is 0.0280. The highest BCUT2D eigenvalue weighted by atomic mass is 35.5. The number of hydrogen-bond acceptors (Lipinski definition) is 4. The van der Waals surface area contributed by atoms with Crippen molar-refractivity contribution in [3.05, 3.63) is 89.2 Å². The van der Waals surface area contributed by atoms with E-state index in [-0.39, 0.29) is 30.0 Å². The molecule has 0 bridgehead atoms. The van der Waals surface area contributed by atoms with Crippen LogP contribution in [0.25, 0.3) is 17.4 Å². The third-order valence-corrected chi connectivity index (χ3v) is 7.23. The largest absolute Gasteiger partial charge is 0.459 e. The highest BCUT2D eigenvalue weighted by molar-refractivity contribution is 7.91. The fourth-order valence-corrected chi connectivity index (χ4v) is 5.58. The molecule has 31 heavy (non-hydrogen) atoms. The number of sulfone groups is 1. The number of nitrogens with zero attached hydrogens (tertiary/aromatic N) is 1. The Morgan fingerprint density at radius 1 is 1.10 bits per heavy atom. The summed E-state index contributed by atoms with van der Waals surface area (Å²) in [6.45, 7) is 0.193. The Bertz CT molecular complexity index is 1200. The van der Waals surface area contributed by atoms with Gasteiger partial charge in [-0.05, 0) is 42.3 Å². The summed E-state index contributed by atoms with van der Waals surface area (Å²) < 4.78 is 30.0. The van der Waals surface area contributed by atoms with Gasteiger partial charge in [-0.1, -0.05) is 54.1 Å². The Labute approximate surface area is 186 Å². The van der Waals surface area contributed by atoms with E-state index < -0.39 is 9.84 Å². The molecule has 1 unspecified atom stereocenters. The normalized spacial score (nSPS) is 17.8. The topological polar surface area (TPSA) is 67.6 Å². The molecule has 5 nitrogen and oxygen atoms in total. The van der Waals surface area contributed by atoms with Gasteiger partial charge in [-0.2, -0.15) is 0 Å². The second-order valence-electron chi connectivity index (χ2n) is 7.54. The van der Waals surface area contributed by atoms with E-state index in [2.05, 4.69) is 0 Å². The van der Waals surface area contributed by atoms with Gasteiger partial charge in [0.1, 0.15) is 11.5 Å². The zero-order chi connectivity index (χ0) is 21.8. The molecule has 1 amide bonds. The predicted octanol–water partition coefficient (Wildman–Crippen LogP) is 4.83. The lowest BCUT2D eigenvalue weighted by Crippen LogP contribution is -2.39. The Kier molecular flexibility index (Phi) is 6.30. The standard InChI is InChI=1S/C24H22ClNO4S/c25-20-8-4-7-19(15-20)23-11-10-22(30-23)16-26(21-13-14-31(28,29)17-21)24(27)12-9-18-5-2-1-3-6-18/h1-12,15,21H,13-14,16-17H2/b12-9+. The van der Waals surface area contributed by atoms with Crippen molar-refractivity contribution in [1.29, 1.82) is 0 Å². The van der Waals surface area contributed by atoms with Gasteiger partial charge < -0.3 is 9.32 Å². The summed E-state index contributed by atoms with van der Waals surface area (Å²) in [7, 11) is -3.14. The summed E-state index contributed by atoms with van der Waals surface area (Å²) in [6.07, 6.45) is 3.65. The van der Waals surface area contributed by atoms with Crippen LogP contribution >= 0.6 is 11.6 Å². The quantitative estimate of drug-likeness (QED) is 0.499. The number of amides is 1. The Hall–Kier alpha value is -2.83. The smallest absolute Gasteiger partial charge is 0.247 e. The van der Waals surface area contributed by atoms with Gasteiger partial charge >= 0.3 is 0 Å². The number of carbonyl (C=O) groups excluding carboxylic acids is 1. The molecule has 7 heteroatoms. The molecule has 3 aromatic rings. The Balaban J connectivity index is 1.56. The molecule has 0 saturated carbocycles. The summed E-state index contributed by atoms with van der Waals surface area (Å²) in [4.78, 5) is 14.6. The monoisotopic (exact) mass is 455 g/mol. The van der Waals surface area contributed by atoms with Crippen LogP contribution in [0, 0.1) is 0 Å². The lowest BCUT2D eigenvalue weighted by Gasteiger charge is -2.26. The third-order valence-electron chi connectivity index (χ3n) is 5.25. The summed E-state index contributed by atoms with van der Waals surface area (Å²) >= 11 is 6.07. The minimum atomic E-state index is -3.14. The fraction of sp³-hybridized carbons (Fsp3) is 0.208. The van der Waals surface area contributed by atoms with Crippen molar-refractivity contribution < 1.29 is 17.6 Å². The highest BCUT2D eigenvalue weighted by Gasteiger charge is 2.34. The van der Waals surface area contributed by atoms with E-state index in [4.69, 9.17) is 16.0 Å². The zero-order valence-corrected chi connectivity index (χ0v) is 18.4. The number of furan rings is 1. The van der Waals surface area contributed by atoms with Crippen LogP contribution in [0.1, 0.15) is 17.7 Å². The van der Waals surface area contributed by atoms with Gasteiger partial charge in [-0.3, -0.25) is 4.79 Å². The first kappa shape index (κ1) is 21.4. The Morgan fingerprint density at radius 2 is 1.90 bits per heavy atom. The first-order chi connectivity index (χ1) is 14.9. The van der Waals surface area contributed by atoms with Crippen LogP contribution in [0.15, 0.2) is 77.2 Å². The van der Waals surface area contributed by atoms with Gasteiger partial charge in [0.25, 0.3) is 0 Å². The number of benzene rings is 2. The van der Waals surface area contributed by atoms with Crippen LogP contribution in [0.4, 0.5) is 0 Å². The van der Waals surface area contributed by atoms with Crippen LogP contribution < -0.4 is 0 Å². The molecule has 1 saturated heterocycles. The molecule has 0 aliphatic carbocycles. The molecule has 2 heterocycles. The lowest BCUT2D eigenvalue weighted by molar-refractivity contribution is -0.128. The van der Waals surface area contributed by atoms with Crippen LogP contribution in [0.2, 0.25) is 5.02 Å². The fourth-order valence-electron chi connectivity index (χ4n) is 3.66. The van der Waals surface area contributed by atoms with Crippen LogP contribution in [-0.4, -0.2) is 36.8 Å². The number of halogens is 1. The number of carbonyl (C=O) groups is 1. The maximum atomic E-state index is 13.0. The van der Waals surface area contributed by atoms with E-state index in [1.54, 1.807) is 29.2 Å². The van der Waals surface area contributed by atoms with E-state index in [0.717, 1.165) is 11.1 Å². The third kappa shape index (κ3) is 5.46. The van der Waals surface area contributed by atoms with Crippen molar-refractivity contribution >= 4 is 33.4 Å². The van der Waals surface area contributed by atoms with Crippen molar-refractivity contribution in [2.75, 3.05) is 11.5 Å². The zero-order valence-electron chi connectivity index (χ0n) is 16.8. The van der Waals surface area contributed by atoms with Crippen molar-refractivity contribution in [3.8, 4) is 11.3 Å². The molecule has 0 radical (unpaired) electrons. The maximum Gasteiger partial charge on any atom is 0.247 e. The molecule has 1 aliphatic rings. The highest BCUT2D eigenvalue weighted by Crippen LogP contribution is 2.27. The van der Waals surface area contributed by atoms with Gasteiger partial charge in [0.2, 0.25) is 5.91 Å². The van der Waals surface area contributed by atoms with Gasteiger partial charge in [0.05, 0.1) is 18.1 Å². The van der Waals surface area contributed by atoms with Crippen LogP contribution in [-0.2, 0) is 21.2 Å². The molecular formula is C24H22ClNO4S. The average molecular weight is 456 g/mol. The van der Waals surface area contributed by atoms with Gasteiger partial charge in [0, 0.05) is 22.7 Å². The van der Waals surface area contributed by atoms with Crippen molar-refractivity contribution in [3.63, 3.8) is 0 Å². The Morgan fingerprint density at radius 3 is 2.61 bits per heavy atom. The summed E-state index contributed by atoms with van der Waals surface area (Å²) in [5, 5.41) is 0.606. The summed E-state index contributed by atoms with van der Waals surface area (Å²) in [5.41, 5.74) is 1.74. The SMILES string of the molecule is O=C(/C=C/c1ccccc1)N(Cc1ccc(-c2cccc(Cl)c2)o1)C1CCS(=O)(=O)C1. The molecule has 0 spiro atoms. The number of hydrogen-bond donors (Lipinski definition) is 0. The maximum absolute atomic E-state index is 13.0. The van der Waals surface area contributed by atoms with E-state index in [1.165, 1.54) is 6.08 Å². The molecule has 1 atom stereocenters. The molecule has 160 valence electrons. The molecular weight excluding hydrogens is 434 g/mol. The van der Waals surface area contributed by atoms with Crippen molar-refractivity contribution in [2.45, 2.75) is 19.0 Å². The summed E-state index contributed by atoms with van der Waals surface area (Å²) in [5.74, 6) is 1.05. The predicted molar refractivity (Wildman–Crippen MR) is 122 cm³/mol. The van der Waals surface area contributed by atoms with Gasteiger partial charge in [-0.15, -0.1) is 0 Å². The molecule has 2 aromatic carbocycles. The molecule has 0 N–H and O–H groups in total. The average Bonchev–Trinajstić information content (AvgIpc) is 3.37. The second-order valence-corrected chi connectivity index (χ2v) is 10.2. The van der Waals surface area contributed by atoms with E-state index >= 15 is 0 Å². The van der Waals surface area contributed by atoms with Crippen molar-refractivity contribution in [1.82, 2.24) is 4.90 Å². The van der Waals surface area contributed by atoms with Crippen LogP contribution in [0.5, 0.6) is 0 Å². The number of rotatable bonds is 6. The van der Waals surface area contributed by atoms with Gasteiger partial charge in [-0.25, -0.2) is 8.42 Å². The van der Waals surface area contributed by atoms with Crippen molar-refractivity contribution in [2.24, 2.45) is 0 Å². The first-order valence-corrected chi connectivity index (χ1v) is 12.2. The van der Waals surface area contributed by atoms with Gasteiger partial charge in [0.15, 0.2) is 9.84 Å². The molecule has 1 aliphatic heterocycles. The van der Waals surface area contributed by atoms with E-state index in [9.17, 15) is 13.2 Å². The van der Waals surface area contributed by atoms with E-state index in [0.29, 0.717) is 23.0 Å².